The van der Waals surface area contributed by atoms with E-state index in [9.17, 15) is 4.79 Å². The second-order valence-corrected chi connectivity index (χ2v) is 8.65. The number of carbonyl (C=O) groups is 1. The summed E-state index contributed by atoms with van der Waals surface area (Å²) >= 11 is 0. The van der Waals surface area contributed by atoms with Crippen LogP contribution in [0.15, 0.2) is 36.5 Å². The summed E-state index contributed by atoms with van der Waals surface area (Å²) in [7, 11) is 3.85. The van der Waals surface area contributed by atoms with Crippen LogP contribution >= 0.6 is 0 Å². The van der Waals surface area contributed by atoms with Gasteiger partial charge in [-0.2, -0.15) is 5.10 Å². The predicted octanol–water partition coefficient (Wildman–Crippen LogP) is 4.21. The van der Waals surface area contributed by atoms with Crippen LogP contribution in [-0.2, 0) is 7.05 Å². The zero-order chi connectivity index (χ0) is 19.8. The maximum absolute atomic E-state index is 11.0. The lowest BCUT2D eigenvalue weighted by atomic mass is 9.69. The Bertz CT molecular complexity index is 812. The van der Waals surface area contributed by atoms with Gasteiger partial charge in [0.05, 0.1) is 11.9 Å². The average Bonchev–Trinajstić information content (AvgIpc) is 3.20. The Balaban J connectivity index is 0.000000159. The quantitative estimate of drug-likeness (QED) is 0.851. The lowest BCUT2D eigenvalue weighted by molar-refractivity contribution is 0.0697. The third-order valence-corrected chi connectivity index (χ3v) is 7.36. The van der Waals surface area contributed by atoms with E-state index in [1.807, 2.05) is 30.3 Å². The predicted molar refractivity (Wildman–Crippen MR) is 108 cm³/mol. The zero-order valence-electron chi connectivity index (χ0n) is 17.0. The maximum atomic E-state index is 11.0. The van der Waals surface area contributed by atoms with Gasteiger partial charge < -0.3 is 10.4 Å². The molecule has 2 bridgehead atoms. The molecular weight excluding hydrogens is 338 g/mol. The van der Waals surface area contributed by atoms with Crippen molar-refractivity contribution >= 4 is 5.97 Å². The highest BCUT2D eigenvalue weighted by molar-refractivity contribution is 5.94. The monoisotopic (exact) mass is 369 g/mol. The van der Waals surface area contributed by atoms with Gasteiger partial charge >= 0.3 is 5.97 Å². The van der Waals surface area contributed by atoms with Crippen molar-refractivity contribution in [2.75, 3.05) is 7.05 Å². The van der Waals surface area contributed by atoms with E-state index in [4.69, 9.17) is 5.11 Å². The van der Waals surface area contributed by atoms with Crippen molar-refractivity contribution in [3.63, 3.8) is 0 Å². The molecule has 3 atom stereocenters. The number of aryl methyl sites for hydroxylation is 1. The fourth-order valence-corrected chi connectivity index (χ4v) is 5.17. The molecule has 0 saturated heterocycles. The van der Waals surface area contributed by atoms with Crippen molar-refractivity contribution in [1.82, 2.24) is 15.1 Å². The maximum Gasteiger partial charge on any atom is 0.339 e. The SMILES string of the molecule is CN[C@H]1C[C@H]2CC[C@]1(C)C2(C)C.Cn1ncc(C(=O)O)c1-c1ccccc1. The van der Waals surface area contributed by atoms with Gasteiger partial charge in [0.2, 0.25) is 0 Å². The van der Waals surface area contributed by atoms with Crippen LogP contribution in [0.5, 0.6) is 0 Å². The van der Waals surface area contributed by atoms with Crippen LogP contribution in [0.3, 0.4) is 0 Å². The highest BCUT2D eigenvalue weighted by Crippen LogP contribution is 2.65. The summed E-state index contributed by atoms with van der Waals surface area (Å²) in [6.07, 6.45) is 5.66. The van der Waals surface area contributed by atoms with Gasteiger partial charge in [0.25, 0.3) is 0 Å². The number of hydrogen-bond donors (Lipinski definition) is 2. The molecule has 1 aromatic heterocycles. The molecule has 2 fully saturated rings. The summed E-state index contributed by atoms with van der Waals surface area (Å²) in [5.41, 5.74) is 2.84. The number of nitrogens with zero attached hydrogens (tertiary/aromatic N) is 2. The number of carboxylic acid groups (broad SMARTS) is 1. The molecular formula is C22H31N3O2. The number of carboxylic acids is 1. The van der Waals surface area contributed by atoms with Gasteiger partial charge in [-0.15, -0.1) is 0 Å². The van der Waals surface area contributed by atoms with Gasteiger partial charge in [0.1, 0.15) is 5.56 Å². The van der Waals surface area contributed by atoms with Crippen LogP contribution in [0.25, 0.3) is 11.3 Å². The van der Waals surface area contributed by atoms with Crippen LogP contribution < -0.4 is 5.32 Å². The van der Waals surface area contributed by atoms with Crippen molar-refractivity contribution in [3.05, 3.63) is 42.1 Å². The molecule has 1 heterocycles. The fourth-order valence-electron chi connectivity index (χ4n) is 5.17. The topological polar surface area (TPSA) is 67.2 Å². The molecule has 0 unspecified atom stereocenters. The number of aromatic nitrogens is 2. The zero-order valence-corrected chi connectivity index (χ0v) is 17.0. The summed E-state index contributed by atoms with van der Waals surface area (Å²) < 4.78 is 1.57. The first-order chi connectivity index (χ1) is 12.7. The number of benzene rings is 1. The van der Waals surface area contributed by atoms with Crippen molar-refractivity contribution in [1.29, 1.82) is 0 Å². The number of nitrogens with one attached hydrogen (secondary N) is 1. The molecule has 2 saturated carbocycles. The van der Waals surface area contributed by atoms with Crippen molar-refractivity contribution in [2.45, 2.75) is 46.1 Å². The number of aromatic carboxylic acids is 1. The summed E-state index contributed by atoms with van der Waals surface area (Å²) in [5, 5.41) is 16.4. The van der Waals surface area contributed by atoms with Crippen molar-refractivity contribution in [3.8, 4) is 11.3 Å². The molecule has 2 aliphatic rings. The molecule has 2 aromatic rings. The van der Waals surface area contributed by atoms with Crippen LogP contribution in [-0.4, -0.2) is 33.9 Å². The molecule has 4 rings (SSSR count). The Morgan fingerprint density at radius 3 is 2.37 bits per heavy atom. The Hall–Kier alpha value is -2.14. The third-order valence-electron chi connectivity index (χ3n) is 7.36. The molecule has 1 aromatic carbocycles. The van der Waals surface area contributed by atoms with E-state index in [1.54, 1.807) is 11.7 Å². The van der Waals surface area contributed by atoms with Crippen LogP contribution in [0, 0.1) is 16.7 Å². The number of rotatable bonds is 3. The molecule has 146 valence electrons. The van der Waals surface area contributed by atoms with Gasteiger partial charge in [0.15, 0.2) is 0 Å². The lowest BCUT2D eigenvalue weighted by Gasteiger charge is -2.39. The highest BCUT2D eigenvalue weighted by Gasteiger charge is 2.60. The first-order valence-corrected chi connectivity index (χ1v) is 9.70. The molecule has 0 amide bonds. The van der Waals surface area contributed by atoms with Crippen molar-refractivity contribution in [2.24, 2.45) is 23.8 Å². The number of hydrogen-bond acceptors (Lipinski definition) is 3. The lowest BCUT2D eigenvalue weighted by Crippen LogP contribution is -2.42. The van der Waals surface area contributed by atoms with Gasteiger partial charge in [-0.1, -0.05) is 51.1 Å². The largest absolute Gasteiger partial charge is 0.478 e. The minimum absolute atomic E-state index is 0.226. The summed E-state index contributed by atoms with van der Waals surface area (Å²) in [4.78, 5) is 11.0. The smallest absolute Gasteiger partial charge is 0.339 e. The van der Waals surface area contributed by atoms with E-state index < -0.39 is 5.97 Å². The normalized spacial score (nSPS) is 27.9. The van der Waals surface area contributed by atoms with E-state index in [-0.39, 0.29) is 5.56 Å². The molecule has 0 aliphatic heterocycles. The second kappa shape index (κ2) is 7.12. The third kappa shape index (κ3) is 3.18. The summed E-state index contributed by atoms with van der Waals surface area (Å²) in [6, 6.07) is 10.1. The fraction of sp³-hybridized carbons (Fsp3) is 0.545. The van der Waals surface area contributed by atoms with Gasteiger partial charge in [-0.05, 0) is 43.1 Å². The Morgan fingerprint density at radius 2 is 1.93 bits per heavy atom. The Kier molecular flexibility index (Phi) is 5.17. The molecule has 2 N–H and O–H groups in total. The van der Waals surface area contributed by atoms with Crippen molar-refractivity contribution < 1.29 is 9.90 Å². The van der Waals surface area contributed by atoms with E-state index >= 15 is 0 Å². The van der Waals surface area contributed by atoms with Crippen LogP contribution in [0.2, 0.25) is 0 Å². The van der Waals surface area contributed by atoms with Crippen LogP contribution in [0.4, 0.5) is 0 Å². The van der Waals surface area contributed by atoms with Gasteiger partial charge in [-0.25, -0.2) is 4.79 Å². The minimum atomic E-state index is -0.957. The molecule has 0 radical (unpaired) electrons. The standard InChI is InChI=1S/C11H10N2O2.C11H21N/c1-13-10(8-5-3-2-4-6-8)9(7-12-13)11(14)15;1-10(2)8-5-6-11(10,3)9(7-8)12-4/h2-7H,1H3,(H,14,15);8-9,12H,5-7H2,1-4H3/t;8-,9+,11+/m.1/s1. The number of fused-ring (bicyclic) bond motifs is 2. The molecule has 5 nitrogen and oxygen atoms in total. The second-order valence-electron chi connectivity index (χ2n) is 8.65. The van der Waals surface area contributed by atoms with E-state index in [1.165, 1.54) is 25.5 Å². The first-order valence-electron chi connectivity index (χ1n) is 9.70. The van der Waals surface area contributed by atoms with Crippen LogP contribution in [0.1, 0.15) is 50.4 Å². The first kappa shape index (κ1) is 19.6. The molecule has 2 aliphatic carbocycles. The molecule has 0 spiro atoms. The Morgan fingerprint density at radius 1 is 1.26 bits per heavy atom. The summed E-state index contributed by atoms with van der Waals surface area (Å²) in [6.45, 7) is 7.39. The van der Waals surface area contributed by atoms with E-state index in [0.29, 0.717) is 16.5 Å². The average molecular weight is 370 g/mol. The van der Waals surface area contributed by atoms with E-state index in [2.05, 4.69) is 38.2 Å². The summed E-state index contributed by atoms with van der Waals surface area (Å²) in [5.74, 6) is 0.0157. The van der Waals surface area contributed by atoms with Gasteiger partial charge in [0, 0.05) is 18.7 Å². The highest BCUT2D eigenvalue weighted by atomic mass is 16.4. The minimum Gasteiger partial charge on any atom is -0.478 e. The Labute approximate surface area is 161 Å². The van der Waals surface area contributed by atoms with Gasteiger partial charge in [-0.3, -0.25) is 4.68 Å². The van der Waals surface area contributed by atoms with E-state index in [0.717, 1.165) is 17.5 Å². The molecule has 5 heteroatoms. The molecule has 27 heavy (non-hydrogen) atoms.